The van der Waals surface area contributed by atoms with Gasteiger partial charge in [0.25, 0.3) is 6.43 Å². The molecule has 1 aromatic carbocycles. The third-order valence-corrected chi connectivity index (χ3v) is 7.82. The Labute approximate surface area is 218 Å². The van der Waals surface area contributed by atoms with Crippen LogP contribution >= 0.6 is 27.5 Å². The zero-order valence-corrected chi connectivity index (χ0v) is 21.8. The molecule has 2 N–H and O–H groups in total. The summed E-state index contributed by atoms with van der Waals surface area (Å²) in [4.78, 5) is 10.1. The van der Waals surface area contributed by atoms with Crippen LogP contribution in [0.4, 0.5) is 17.6 Å². The molecule has 7 nitrogen and oxygen atoms in total. The number of hydrogen-bond donors (Lipinski definition) is 2. The molecule has 2 fully saturated rings. The molecule has 2 aliphatic rings. The van der Waals surface area contributed by atoms with Gasteiger partial charge in [0.15, 0.2) is 11.6 Å². The second-order valence-electron chi connectivity index (χ2n) is 8.93. The lowest BCUT2D eigenvalue weighted by molar-refractivity contribution is 0.107. The van der Waals surface area contributed by atoms with Gasteiger partial charge in [-0.15, -0.1) is 0 Å². The molecule has 0 saturated carbocycles. The minimum atomic E-state index is -2.56. The average molecular weight is 598 g/mol. The number of hydrogen-bond acceptors (Lipinski definition) is 7. The molecular formula is C23H26BrClF4N4O3. The number of nitrogens with zero attached hydrogens (tertiary/aromatic N) is 3. The van der Waals surface area contributed by atoms with E-state index < -0.39 is 42.4 Å². The molecule has 4 rings (SSSR count). The van der Waals surface area contributed by atoms with Crippen LogP contribution in [-0.2, 0) is 0 Å². The van der Waals surface area contributed by atoms with Crippen LogP contribution in [0.5, 0.6) is 17.6 Å². The number of fused-ring (bicyclic) bond motifs is 2. The van der Waals surface area contributed by atoms with Crippen molar-refractivity contribution in [2.24, 2.45) is 0 Å². The molecule has 0 unspecified atom stereocenters. The molecule has 0 radical (unpaired) electrons. The van der Waals surface area contributed by atoms with Gasteiger partial charge in [-0.3, -0.25) is 4.90 Å². The Hall–Kier alpha value is -1.89. The van der Waals surface area contributed by atoms with Crippen molar-refractivity contribution in [2.75, 3.05) is 32.8 Å². The summed E-state index contributed by atoms with van der Waals surface area (Å²) >= 11 is 9.37. The highest BCUT2D eigenvalue weighted by Gasteiger charge is 2.49. The predicted molar refractivity (Wildman–Crippen MR) is 131 cm³/mol. The first kappa shape index (κ1) is 27.2. The van der Waals surface area contributed by atoms with E-state index in [-0.39, 0.29) is 45.4 Å². The molecule has 0 aliphatic carbocycles. The molecule has 1 aromatic heterocycles. The summed E-state index contributed by atoms with van der Waals surface area (Å²) in [5.41, 5.74) is -0.782. The third kappa shape index (κ3) is 5.51. The minimum absolute atomic E-state index is 0.0962. The normalized spacial score (nSPS) is 23.2. The summed E-state index contributed by atoms with van der Waals surface area (Å²) < 4.78 is 65.8. The van der Waals surface area contributed by atoms with Crippen molar-refractivity contribution in [1.29, 1.82) is 0 Å². The SMILES string of the molecule is C/C=C/[C@@H](COc1c(Cl)c(Br)c(F)c2nc(OC[C@@]34CCCN3C[C@H](F)C4)nc(O)c12)NCC(F)F. The first-order valence-corrected chi connectivity index (χ1v) is 12.7. The Morgan fingerprint density at radius 3 is 2.86 bits per heavy atom. The van der Waals surface area contributed by atoms with E-state index in [0.29, 0.717) is 13.0 Å². The Balaban J connectivity index is 1.61. The number of halogens is 6. The standard InChI is InChI=1S/C23H26BrClF4N4O3/c1-2-4-13(30-8-14(27)28)10-35-20-15-19(18(29)16(24)17(20)25)31-22(32-21(15)34)36-11-23-5-3-6-33(23)9-12(26)7-23/h2,4,12-14,30H,3,5-11H2,1H3,(H,31,32,34)/b4-2+/t12-,13+,23+/m1/s1. The topological polar surface area (TPSA) is 79.7 Å². The van der Waals surface area contributed by atoms with Gasteiger partial charge in [0.05, 0.1) is 22.6 Å². The highest BCUT2D eigenvalue weighted by molar-refractivity contribution is 9.10. The average Bonchev–Trinajstić information content (AvgIpc) is 3.35. The fourth-order valence-corrected chi connectivity index (χ4v) is 5.48. The Bertz CT molecular complexity index is 1140. The van der Waals surface area contributed by atoms with Gasteiger partial charge in [-0.1, -0.05) is 23.8 Å². The summed E-state index contributed by atoms with van der Waals surface area (Å²) in [5.74, 6) is -1.61. The van der Waals surface area contributed by atoms with Crippen molar-refractivity contribution in [1.82, 2.24) is 20.2 Å². The monoisotopic (exact) mass is 596 g/mol. The molecule has 2 aromatic rings. The van der Waals surface area contributed by atoms with E-state index in [0.717, 1.165) is 19.4 Å². The number of aromatic nitrogens is 2. The van der Waals surface area contributed by atoms with E-state index in [1.807, 2.05) is 4.90 Å². The maximum Gasteiger partial charge on any atom is 0.320 e. The van der Waals surface area contributed by atoms with Crippen LogP contribution in [0.3, 0.4) is 0 Å². The molecule has 3 heterocycles. The van der Waals surface area contributed by atoms with E-state index in [1.54, 1.807) is 19.1 Å². The molecule has 0 bridgehead atoms. The summed E-state index contributed by atoms with van der Waals surface area (Å²) in [5, 5.41) is 13.0. The zero-order valence-electron chi connectivity index (χ0n) is 19.4. The fourth-order valence-electron chi connectivity index (χ4n) is 4.88. The first-order valence-electron chi connectivity index (χ1n) is 11.5. The molecule has 198 valence electrons. The van der Waals surface area contributed by atoms with Crippen LogP contribution in [0, 0.1) is 5.82 Å². The third-order valence-electron chi connectivity index (χ3n) is 6.49. The van der Waals surface area contributed by atoms with Gasteiger partial charge in [0.1, 0.15) is 35.3 Å². The van der Waals surface area contributed by atoms with E-state index in [2.05, 4.69) is 31.2 Å². The van der Waals surface area contributed by atoms with Crippen LogP contribution < -0.4 is 14.8 Å². The quantitative estimate of drug-likeness (QED) is 0.226. The maximum atomic E-state index is 15.1. The van der Waals surface area contributed by atoms with Crippen molar-refractivity contribution in [3.63, 3.8) is 0 Å². The Kier molecular flexibility index (Phi) is 8.48. The largest absolute Gasteiger partial charge is 0.493 e. The number of aromatic hydroxyl groups is 1. The van der Waals surface area contributed by atoms with Crippen molar-refractivity contribution in [3.8, 4) is 17.6 Å². The van der Waals surface area contributed by atoms with Crippen LogP contribution in [0.15, 0.2) is 16.6 Å². The maximum absolute atomic E-state index is 15.1. The van der Waals surface area contributed by atoms with Gasteiger partial charge in [-0.05, 0) is 42.2 Å². The number of nitrogens with one attached hydrogen (secondary N) is 1. The summed E-state index contributed by atoms with van der Waals surface area (Å²) in [7, 11) is 0. The summed E-state index contributed by atoms with van der Waals surface area (Å²) in [6.07, 6.45) is 1.78. The number of rotatable bonds is 10. The molecule has 2 aliphatic heterocycles. The Morgan fingerprint density at radius 1 is 1.36 bits per heavy atom. The molecule has 2 saturated heterocycles. The lowest BCUT2D eigenvalue weighted by Gasteiger charge is -2.30. The lowest BCUT2D eigenvalue weighted by Crippen LogP contribution is -2.43. The van der Waals surface area contributed by atoms with Gasteiger partial charge in [-0.25, -0.2) is 17.6 Å². The predicted octanol–water partition coefficient (Wildman–Crippen LogP) is 5.02. The van der Waals surface area contributed by atoms with Crippen LogP contribution in [-0.4, -0.2) is 77.0 Å². The number of benzene rings is 1. The summed E-state index contributed by atoms with van der Waals surface area (Å²) in [6.45, 7) is 2.22. The summed E-state index contributed by atoms with van der Waals surface area (Å²) in [6, 6.07) is -0.878. The number of ether oxygens (including phenoxy) is 2. The second kappa shape index (κ2) is 11.2. The van der Waals surface area contributed by atoms with Crippen LogP contribution in [0.1, 0.15) is 26.2 Å². The van der Waals surface area contributed by atoms with E-state index in [4.69, 9.17) is 21.1 Å². The molecule has 0 amide bonds. The van der Waals surface area contributed by atoms with Crippen molar-refractivity contribution < 1.29 is 32.1 Å². The van der Waals surface area contributed by atoms with Crippen LogP contribution in [0.2, 0.25) is 5.02 Å². The first-order chi connectivity index (χ1) is 17.1. The second-order valence-corrected chi connectivity index (χ2v) is 10.1. The fraction of sp³-hybridized carbons (Fsp3) is 0.565. The molecule has 13 heteroatoms. The lowest BCUT2D eigenvalue weighted by atomic mass is 9.95. The van der Waals surface area contributed by atoms with Crippen molar-refractivity contribution in [3.05, 3.63) is 27.5 Å². The van der Waals surface area contributed by atoms with Gasteiger partial charge >= 0.3 is 6.01 Å². The van der Waals surface area contributed by atoms with Crippen LogP contribution in [0.25, 0.3) is 10.9 Å². The molecule has 3 atom stereocenters. The number of allylic oxidation sites excluding steroid dienone is 1. The van der Waals surface area contributed by atoms with E-state index in [1.165, 1.54) is 0 Å². The van der Waals surface area contributed by atoms with Gasteiger partial charge < -0.3 is 19.9 Å². The minimum Gasteiger partial charge on any atom is -0.493 e. The number of alkyl halides is 3. The zero-order chi connectivity index (χ0) is 26.0. The molecule has 36 heavy (non-hydrogen) atoms. The van der Waals surface area contributed by atoms with Gasteiger partial charge in [0.2, 0.25) is 5.88 Å². The smallest absolute Gasteiger partial charge is 0.320 e. The van der Waals surface area contributed by atoms with Gasteiger partial charge in [-0.2, -0.15) is 9.97 Å². The highest BCUT2D eigenvalue weighted by atomic mass is 79.9. The Morgan fingerprint density at radius 2 is 2.14 bits per heavy atom. The van der Waals surface area contributed by atoms with E-state index >= 15 is 4.39 Å². The van der Waals surface area contributed by atoms with Crippen molar-refractivity contribution >= 4 is 38.4 Å². The molecular weight excluding hydrogens is 572 g/mol. The molecule has 0 spiro atoms. The van der Waals surface area contributed by atoms with Crippen molar-refractivity contribution in [2.45, 2.75) is 50.4 Å². The highest BCUT2D eigenvalue weighted by Crippen LogP contribution is 2.45. The van der Waals surface area contributed by atoms with E-state index in [9.17, 15) is 18.3 Å². The van der Waals surface area contributed by atoms with Gasteiger partial charge in [0, 0.05) is 13.0 Å².